The van der Waals surface area contributed by atoms with Gasteiger partial charge in [-0.15, -0.1) is 0 Å². The molecule has 2 unspecified atom stereocenters. The van der Waals surface area contributed by atoms with Crippen molar-refractivity contribution >= 4 is 12.1 Å². The first-order chi connectivity index (χ1) is 12.0. The van der Waals surface area contributed by atoms with Crippen LogP contribution in [0.15, 0.2) is 54.6 Å². The van der Waals surface area contributed by atoms with Crippen molar-refractivity contribution < 1.29 is 23.8 Å². The normalized spacial score (nSPS) is 12.9. The van der Waals surface area contributed by atoms with E-state index in [4.69, 9.17) is 4.74 Å². The molecule has 0 heterocycles. The number of nitrogens with one attached hydrogen (secondary N) is 1. The summed E-state index contributed by atoms with van der Waals surface area (Å²) in [6.07, 6.45) is -0.712. The Morgan fingerprint density at radius 2 is 1.76 bits per heavy atom. The van der Waals surface area contributed by atoms with Crippen LogP contribution >= 0.6 is 0 Å². The maximum Gasteiger partial charge on any atom is 0.407 e. The molecule has 0 bridgehead atoms. The standard InChI is InChI=1S/C19H20FNO4/c1-13(15-9-5-6-10-17(15)20)16(18(22)23)11-21-19(24)25-12-14-7-3-2-4-8-14/h2-10,13,16H,11-12H2,1H3,(H,21,24)(H,22,23). The van der Waals surface area contributed by atoms with Gasteiger partial charge in [0.1, 0.15) is 12.4 Å². The molecule has 1 amide bonds. The molecule has 2 rings (SSSR count). The van der Waals surface area contributed by atoms with E-state index in [1.165, 1.54) is 6.07 Å². The van der Waals surface area contributed by atoms with Crippen LogP contribution in [-0.4, -0.2) is 23.7 Å². The highest BCUT2D eigenvalue weighted by atomic mass is 19.1. The number of hydrogen-bond acceptors (Lipinski definition) is 3. The molecule has 0 radical (unpaired) electrons. The van der Waals surface area contributed by atoms with Gasteiger partial charge < -0.3 is 15.2 Å². The van der Waals surface area contributed by atoms with Crippen LogP contribution < -0.4 is 5.32 Å². The van der Waals surface area contributed by atoms with E-state index < -0.39 is 29.7 Å². The summed E-state index contributed by atoms with van der Waals surface area (Å²) in [4.78, 5) is 23.3. The van der Waals surface area contributed by atoms with Gasteiger partial charge in [-0.1, -0.05) is 55.5 Å². The number of carboxylic acids is 1. The van der Waals surface area contributed by atoms with Gasteiger partial charge in [-0.05, 0) is 23.1 Å². The lowest BCUT2D eigenvalue weighted by Crippen LogP contribution is -2.36. The van der Waals surface area contributed by atoms with Crippen LogP contribution in [0.5, 0.6) is 0 Å². The minimum atomic E-state index is -1.11. The highest BCUT2D eigenvalue weighted by Crippen LogP contribution is 2.26. The van der Waals surface area contributed by atoms with E-state index >= 15 is 0 Å². The molecular weight excluding hydrogens is 325 g/mol. The van der Waals surface area contributed by atoms with E-state index in [-0.39, 0.29) is 13.2 Å². The van der Waals surface area contributed by atoms with Gasteiger partial charge in [0, 0.05) is 6.54 Å². The Labute approximate surface area is 145 Å². The van der Waals surface area contributed by atoms with Crippen LogP contribution in [0, 0.1) is 11.7 Å². The minimum Gasteiger partial charge on any atom is -0.481 e. The Morgan fingerprint density at radius 1 is 1.12 bits per heavy atom. The zero-order valence-corrected chi connectivity index (χ0v) is 13.8. The Morgan fingerprint density at radius 3 is 2.40 bits per heavy atom. The maximum atomic E-state index is 13.9. The summed E-state index contributed by atoms with van der Waals surface area (Å²) in [7, 11) is 0. The highest BCUT2D eigenvalue weighted by Gasteiger charge is 2.28. The molecule has 0 saturated heterocycles. The van der Waals surface area contributed by atoms with Crippen LogP contribution in [0.2, 0.25) is 0 Å². The first-order valence-corrected chi connectivity index (χ1v) is 7.91. The first-order valence-electron chi connectivity index (χ1n) is 7.91. The molecule has 0 aromatic heterocycles. The van der Waals surface area contributed by atoms with Crippen molar-refractivity contribution in [3.63, 3.8) is 0 Å². The lowest BCUT2D eigenvalue weighted by atomic mass is 9.87. The van der Waals surface area contributed by atoms with Crippen molar-refractivity contribution in [1.82, 2.24) is 5.32 Å². The van der Waals surface area contributed by atoms with Crippen LogP contribution in [0.25, 0.3) is 0 Å². The van der Waals surface area contributed by atoms with E-state index in [1.807, 2.05) is 30.3 Å². The largest absolute Gasteiger partial charge is 0.481 e. The van der Waals surface area contributed by atoms with Gasteiger partial charge >= 0.3 is 12.1 Å². The Kier molecular flexibility index (Phi) is 6.51. The zero-order chi connectivity index (χ0) is 18.2. The molecule has 0 fully saturated rings. The van der Waals surface area contributed by atoms with Gasteiger partial charge in [0.05, 0.1) is 5.92 Å². The van der Waals surface area contributed by atoms with Crippen molar-refractivity contribution in [3.8, 4) is 0 Å². The molecule has 6 heteroatoms. The molecule has 0 aliphatic carbocycles. The molecule has 25 heavy (non-hydrogen) atoms. The number of aliphatic carboxylic acids is 1. The summed E-state index contributed by atoms with van der Waals surface area (Å²) in [5.41, 5.74) is 1.13. The zero-order valence-electron chi connectivity index (χ0n) is 13.8. The Balaban J connectivity index is 1.92. The van der Waals surface area contributed by atoms with Crippen LogP contribution in [0.4, 0.5) is 9.18 Å². The second kappa shape index (κ2) is 8.82. The number of amides is 1. The second-order valence-electron chi connectivity index (χ2n) is 5.70. The number of rotatable bonds is 7. The lowest BCUT2D eigenvalue weighted by molar-refractivity contribution is -0.142. The second-order valence-corrected chi connectivity index (χ2v) is 5.70. The average Bonchev–Trinajstić information content (AvgIpc) is 2.61. The smallest absolute Gasteiger partial charge is 0.407 e. The predicted molar refractivity (Wildman–Crippen MR) is 90.6 cm³/mol. The average molecular weight is 345 g/mol. The van der Waals surface area contributed by atoms with Crippen LogP contribution in [-0.2, 0) is 16.1 Å². The molecule has 0 aliphatic heterocycles. The first kappa shape index (κ1) is 18.4. The van der Waals surface area contributed by atoms with Crippen molar-refractivity contribution in [2.24, 2.45) is 5.92 Å². The quantitative estimate of drug-likeness (QED) is 0.804. The fourth-order valence-corrected chi connectivity index (χ4v) is 2.51. The molecule has 5 nitrogen and oxygen atoms in total. The van der Waals surface area contributed by atoms with Gasteiger partial charge in [0.25, 0.3) is 0 Å². The van der Waals surface area contributed by atoms with Crippen molar-refractivity contribution in [2.75, 3.05) is 6.54 Å². The third kappa shape index (κ3) is 5.31. The molecule has 0 saturated carbocycles. The Bertz CT molecular complexity index is 720. The molecule has 2 aromatic rings. The SMILES string of the molecule is CC(c1ccccc1F)C(CNC(=O)OCc1ccccc1)C(=O)O. The summed E-state index contributed by atoms with van der Waals surface area (Å²) < 4.78 is 18.9. The monoisotopic (exact) mass is 345 g/mol. The molecule has 0 aliphatic rings. The van der Waals surface area contributed by atoms with Gasteiger partial charge in [-0.3, -0.25) is 4.79 Å². The maximum absolute atomic E-state index is 13.9. The fraction of sp³-hybridized carbons (Fsp3) is 0.263. The van der Waals surface area contributed by atoms with Crippen molar-refractivity contribution in [3.05, 3.63) is 71.5 Å². The number of halogens is 1. The Hall–Kier alpha value is -2.89. The molecule has 132 valence electrons. The van der Waals surface area contributed by atoms with E-state index in [1.54, 1.807) is 25.1 Å². The van der Waals surface area contributed by atoms with Gasteiger partial charge in [-0.2, -0.15) is 0 Å². The van der Waals surface area contributed by atoms with Crippen LogP contribution in [0.1, 0.15) is 24.0 Å². The van der Waals surface area contributed by atoms with Gasteiger partial charge in [0.2, 0.25) is 0 Å². The van der Waals surface area contributed by atoms with Gasteiger partial charge in [0.15, 0.2) is 0 Å². The lowest BCUT2D eigenvalue weighted by Gasteiger charge is -2.21. The summed E-state index contributed by atoms with van der Waals surface area (Å²) in [5, 5.41) is 11.8. The van der Waals surface area contributed by atoms with Crippen LogP contribution in [0.3, 0.4) is 0 Å². The number of alkyl carbamates (subject to hydrolysis) is 1. The fourth-order valence-electron chi connectivity index (χ4n) is 2.51. The molecular formula is C19H20FNO4. The van der Waals surface area contributed by atoms with E-state index in [0.717, 1.165) is 5.56 Å². The number of benzene rings is 2. The minimum absolute atomic E-state index is 0.0906. The third-order valence-electron chi connectivity index (χ3n) is 4.00. The topological polar surface area (TPSA) is 75.6 Å². The number of hydrogen-bond donors (Lipinski definition) is 2. The molecule has 2 aromatic carbocycles. The van der Waals surface area contributed by atoms with E-state index in [2.05, 4.69) is 5.32 Å². The number of ether oxygens (including phenoxy) is 1. The number of carboxylic acid groups (broad SMARTS) is 1. The summed E-state index contributed by atoms with van der Waals surface area (Å²) in [6, 6.07) is 15.2. The van der Waals surface area contributed by atoms with Crippen molar-refractivity contribution in [2.45, 2.75) is 19.4 Å². The van der Waals surface area contributed by atoms with Gasteiger partial charge in [-0.25, -0.2) is 9.18 Å². The highest BCUT2D eigenvalue weighted by molar-refractivity contribution is 5.73. The summed E-state index contributed by atoms with van der Waals surface area (Å²) in [5.74, 6) is -3.15. The molecule has 2 atom stereocenters. The van der Waals surface area contributed by atoms with E-state index in [0.29, 0.717) is 5.56 Å². The predicted octanol–water partition coefficient (Wildman–Crippen LogP) is 3.56. The molecule has 0 spiro atoms. The summed E-state index contributed by atoms with van der Waals surface area (Å²) in [6.45, 7) is 1.56. The number of carbonyl (C=O) groups excluding carboxylic acids is 1. The third-order valence-corrected chi connectivity index (χ3v) is 4.00. The number of carbonyl (C=O) groups is 2. The van der Waals surface area contributed by atoms with E-state index in [9.17, 15) is 19.1 Å². The van der Waals surface area contributed by atoms with Crippen molar-refractivity contribution in [1.29, 1.82) is 0 Å². The molecule has 2 N–H and O–H groups in total. The summed E-state index contributed by atoms with van der Waals surface area (Å²) >= 11 is 0.